The zero-order valence-electron chi connectivity index (χ0n) is 18.7. The Hall–Kier alpha value is -2.76. The summed E-state index contributed by atoms with van der Waals surface area (Å²) in [5.41, 5.74) is 4.19. The zero-order valence-corrected chi connectivity index (χ0v) is 23.4. The van der Waals surface area contributed by atoms with E-state index < -0.39 is 0 Å². The topological polar surface area (TPSA) is 18.5 Å². The minimum absolute atomic E-state index is 0.516. The predicted molar refractivity (Wildman–Crippen MR) is 156 cm³/mol. The molecule has 2 nitrogen and oxygen atoms in total. The van der Waals surface area contributed by atoms with E-state index in [1.807, 2.05) is 109 Å². The fourth-order valence-corrected chi connectivity index (χ4v) is 4.81. The lowest BCUT2D eigenvalue weighted by Crippen LogP contribution is -1.92. The Morgan fingerprint density at radius 2 is 0.806 bits per heavy atom. The molecule has 0 radical (unpaired) electrons. The molecule has 0 unspecified atom stereocenters. The molecule has 5 aromatic carbocycles. The minimum Gasteiger partial charge on any atom is -0.455 e. The average molecular weight is 641 g/mol. The molecular weight excluding hydrogens is 623 g/mol. The van der Waals surface area contributed by atoms with Crippen LogP contribution in [-0.4, -0.2) is 0 Å². The first-order valence-electron chi connectivity index (χ1n) is 11.0. The molecule has 0 aliphatic rings. The van der Waals surface area contributed by atoms with E-state index in [9.17, 15) is 0 Å². The molecule has 0 fully saturated rings. The largest absolute Gasteiger partial charge is 0.455 e. The van der Waals surface area contributed by atoms with Gasteiger partial charge in [0.1, 0.15) is 23.0 Å². The van der Waals surface area contributed by atoms with Crippen LogP contribution in [0.3, 0.4) is 0 Å². The summed E-state index contributed by atoms with van der Waals surface area (Å²) in [7, 11) is 0. The summed E-state index contributed by atoms with van der Waals surface area (Å²) in [6.45, 7) is 0. The van der Waals surface area contributed by atoms with Gasteiger partial charge in [-0.05, 0) is 90.5 Å². The van der Waals surface area contributed by atoms with E-state index in [1.54, 1.807) is 0 Å². The summed E-state index contributed by atoms with van der Waals surface area (Å²) in [6.07, 6.45) is 0. The Bertz CT molecular complexity index is 1410. The second kappa shape index (κ2) is 11.1. The number of hydrogen-bond donors (Lipinski definition) is 0. The number of halogens is 4. The van der Waals surface area contributed by atoms with Crippen LogP contribution in [0.15, 0.2) is 118 Å². The van der Waals surface area contributed by atoms with Crippen LogP contribution in [-0.2, 0) is 0 Å². The van der Waals surface area contributed by atoms with Gasteiger partial charge in [-0.1, -0.05) is 96.0 Å². The van der Waals surface area contributed by atoms with Gasteiger partial charge in [0.15, 0.2) is 0 Å². The van der Waals surface area contributed by atoms with Crippen molar-refractivity contribution in [3.8, 4) is 45.3 Å². The maximum atomic E-state index is 6.46. The average Bonchev–Trinajstić information content (AvgIpc) is 2.90. The molecule has 0 saturated carbocycles. The van der Waals surface area contributed by atoms with Gasteiger partial charge in [-0.15, -0.1) is 0 Å². The van der Waals surface area contributed by atoms with Gasteiger partial charge in [0, 0.05) is 0 Å². The molecule has 0 saturated heterocycles. The summed E-state index contributed by atoms with van der Waals surface area (Å²) in [5, 5.41) is 1.03. The minimum atomic E-state index is 0.516. The van der Waals surface area contributed by atoms with Crippen molar-refractivity contribution in [2.75, 3.05) is 0 Å². The molecule has 0 amide bonds. The van der Waals surface area contributed by atoms with Gasteiger partial charge in [0.25, 0.3) is 0 Å². The van der Waals surface area contributed by atoms with Gasteiger partial charge < -0.3 is 9.47 Å². The van der Waals surface area contributed by atoms with E-state index in [2.05, 4.69) is 31.9 Å². The summed E-state index contributed by atoms with van der Waals surface area (Å²) in [5.74, 6) is 2.28. The molecule has 0 aliphatic carbocycles. The van der Waals surface area contributed by atoms with Crippen molar-refractivity contribution >= 4 is 55.1 Å². The molecule has 0 atom stereocenters. The predicted octanol–water partition coefficient (Wildman–Crippen LogP) is 11.4. The Labute approximate surface area is 236 Å². The molecule has 0 aromatic heterocycles. The van der Waals surface area contributed by atoms with Crippen molar-refractivity contribution in [2.24, 2.45) is 0 Å². The van der Waals surface area contributed by atoms with Crippen molar-refractivity contribution in [3.05, 3.63) is 128 Å². The zero-order chi connectivity index (χ0) is 25.1. The van der Waals surface area contributed by atoms with E-state index in [0.29, 0.717) is 42.0 Å². The van der Waals surface area contributed by atoms with Crippen LogP contribution in [0.1, 0.15) is 0 Å². The van der Waals surface area contributed by atoms with Gasteiger partial charge in [0.2, 0.25) is 0 Å². The number of ether oxygens (including phenoxy) is 2. The fraction of sp³-hybridized carbons (Fsp3) is 0. The van der Waals surface area contributed by atoms with E-state index in [0.717, 1.165) is 22.3 Å². The molecular formula is C30H18Br2Cl2O2. The third-order valence-electron chi connectivity index (χ3n) is 5.50. The highest BCUT2D eigenvalue weighted by atomic mass is 79.9. The molecule has 0 bridgehead atoms. The molecule has 0 heterocycles. The molecule has 0 spiro atoms. The van der Waals surface area contributed by atoms with Gasteiger partial charge in [0.05, 0.1) is 19.0 Å². The van der Waals surface area contributed by atoms with Crippen LogP contribution in [0.4, 0.5) is 0 Å². The standard InChI is InChI=1S/C30H18Br2Cl2O2/c31-23-18-28(36-30-16-22(12-14-26(30)34)20-9-5-2-6-10-20)24(32)17-27(23)35-29-15-21(11-13-25(29)33)19-7-3-1-4-8-19/h1-18H. The molecule has 0 N–H and O–H groups in total. The summed E-state index contributed by atoms with van der Waals surface area (Å²) < 4.78 is 13.8. The van der Waals surface area contributed by atoms with Gasteiger partial charge in [-0.25, -0.2) is 0 Å². The summed E-state index contributed by atoms with van der Waals surface area (Å²) >= 11 is 20.1. The van der Waals surface area contributed by atoms with E-state index in [-0.39, 0.29) is 0 Å². The van der Waals surface area contributed by atoms with Crippen molar-refractivity contribution in [1.29, 1.82) is 0 Å². The van der Waals surface area contributed by atoms with Crippen molar-refractivity contribution in [3.63, 3.8) is 0 Å². The maximum Gasteiger partial charge on any atom is 0.146 e. The highest BCUT2D eigenvalue weighted by Gasteiger charge is 2.15. The van der Waals surface area contributed by atoms with Crippen molar-refractivity contribution < 1.29 is 9.47 Å². The third-order valence-corrected chi connectivity index (χ3v) is 7.37. The lowest BCUT2D eigenvalue weighted by molar-refractivity contribution is 0.464. The highest BCUT2D eigenvalue weighted by molar-refractivity contribution is 9.11. The Morgan fingerprint density at radius 3 is 1.19 bits per heavy atom. The Balaban J connectivity index is 1.42. The summed E-state index contributed by atoms with van der Waals surface area (Å²) in [4.78, 5) is 0. The van der Waals surface area contributed by atoms with Gasteiger partial charge >= 0.3 is 0 Å². The third kappa shape index (κ3) is 5.63. The first kappa shape index (κ1) is 24.9. The molecule has 178 valence electrons. The fourth-order valence-electron chi connectivity index (χ4n) is 3.69. The Morgan fingerprint density at radius 1 is 0.417 bits per heavy atom. The quantitative estimate of drug-likeness (QED) is 0.184. The smallest absolute Gasteiger partial charge is 0.146 e. The lowest BCUT2D eigenvalue weighted by Gasteiger charge is -2.15. The number of rotatable bonds is 6. The molecule has 5 aromatic rings. The van der Waals surface area contributed by atoms with Crippen molar-refractivity contribution in [1.82, 2.24) is 0 Å². The van der Waals surface area contributed by atoms with Crippen LogP contribution in [0.5, 0.6) is 23.0 Å². The normalized spacial score (nSPS) is 10.8. The second-order valence-corrected chi connectivity index (χ2v) is 10.5. The second-order valence-electron chi connectivity index (χ2n) is 7.94. The maximum absolute atomic E-state index is 6.46. The van der Waals surface area contributed by atoms with Gasteiger partial charge in [-0.2, -0.15) is 0 Å². The summed E-state index contributed by atoms with van der Waals surface area (Å²) in [6, 6.07) is 35.3. The van der Waals surface area contributed by atoms with Crippen LogP contribution in [0.2, 0.25) is 10.0 Å². The SMILES string of the molecule is Clc1ccc(-c2ccccc2)cc1Oc1cc(Br)c(Oc2cc(-c3ccccc3)ccc2Cl)cc1Br. The molecule has 0 aliphatic heterocycles. The van der Waals surface area contributed by atoms with Crippen molar-refractivity contribution in [2.45, 2.75) is 0 Å². The monoisotopic (exact) mass is 638 g/mol. The number of hydrogen-bond acceptors (Lipinski definition) is 2. The lowest BCUT2D eigenvalue weighted by atomic mass is 10.1. The van der Waals surface area contributed by atoms with Crippen LogP contribution < -0.4 is 9.47 Å². The first-order valence-corrected chi connectivity index (χ1v) is 13.4. The first-order chi connectivity index (χ1) is 17.5. The molecule has 36 heavy (non-hydrogen) atoms. The van der Waals surface area contributed by atoms with E-state index >= 15 is 0 Å². The molecule has 6 heteroatoms. The van der Waals surface area contributed by atoms with E-state index in [1.165, 1.54) is 0 Å². The highest BCUT2D eigenvalue weighted by Crippen LogP contribution is 2.43. The molecule has 5 rings (SSSR count). The van der Waals surface area contributed by atoms with Crippen LogP contribution in [0, 0.1) is 0 Å². The van der Waals surface area contributed by atoms with Crippen LogP contribution in [0.25, 0.3) is 22.3 Å². The Kier molecular flexibility index (Phi) is 7.68. The number of benzene rings is 5. The van der Waals surface area contributed by atoms with Crippen LogP contribution >= 0.6 is 55.1 Å². The van der Waals surface area contributed by atoms with Gasteiger partial charge in [-0.3, -0.25) is 0 Å². The van der Waals surface area contributed by atoms with E-state index in [4.69, 9.17) is 32.7 Å².